The lowest BCUT2D eigenvalue weighted by Gasteiger charge is -2.20. The minimum Gasteiger partial charge on any atom is -0.341 e. The van der Waals surface area contributed by atoms with Gasteiger partial charge < -0.3 is 10.6 Å². The molecule has 19 heavy (non-hydrogen) atoms. The van der Waals surface area contributed by atoms with Crippen molar-refractivity contribution in [2.24, 2.45) is 11.7 Å². The number of hydrogen-bond acceptors (Lipinski definition) is 3. The second-order valence-electron chi connectivity index (χ2n) is 5.01. The Kier molecular flexibility index (Phi) is 6.60. The van der Waals surface area contributed by atoms with Crippen LogP contribution in [0.25, 0.3) is 0 Å². The molecule has 0 spiro atoms. The standard InChI is InChI=1S/C13H19ClN2OS.ClH/c1-16(8-10-5-6-12(14)18-10)13(17)7-9-3-2-4-11(9)15;/h5-6,9,11H,2-4,7-8,15H2,1H3;1H/t9-,11+;/m0./s1. The number of carbonyl (C=O) groups excluding carboxylic acids is 1. The van der Waals surface area contributed by atoms with Crippen molar-refractivity contribution in [3.05, 3.63) is 21.3 Å². The van der Waals surface area contributed by atoms with E-state index in [1.807, 2.05) is 19.2 Å². The first-order valence-electron chi connectivity index (χ1n) is 6.30. The van der Waals surface area contributed by atoms with Gasteiger partial charge >= 0.3 is 0 Å². The molecule has 1 fully saturated rings. The second-order valence-corrected chi connectivity index (χ2v) is 6.81. The maximum absolute atomic E-state index is 12.1. The van der Waals surface area contributed by atoms with Crippen LogP contribution in [-0.4, -0.2) is 23.9 Å². The van der Waals surface area contributed by atoms with Crippen molar-refractivity contribution >= 4 is 41.3 Å². The first-order valence-corrected chi connectivity index (χ1v) is 7.49. The summed E-state index contributed by atoms with van der Waals surface area (Å²) in [6.45, 7) is 0.637. The fourth-order valence-electron chi connectivity index (χ4n) is 2.46. The van der Waals surface area contributed by atoms with Gasteiger partial charge in [-0.25, -0.2) is 0 Å². The van der Waals surface area contributed by atoms with Crippen molar-refractivity contribution in [1.29, 1.82) is 0 Å². The lowest BCUT2D eigenvalue weighted by atomic mass is 9.99. The molecule has 3 nitrogen and oxygen atoms in total. The monoisotopic (exact) mass is 322 g/mol. The van der Waals surface area contributed by atoms with Crippen LogP contribution in [0.1, 0.15) is 30.6 Å². The Balaban J connectivity index is 0.00000180. The Labute approximate surface area is 129 Å². The molecule has 1 saturated carbocycles. The van der Waals surface area contributed by atoms with E-state index in [2.05, 4.69) is 0 Å². The third kappa shape index (κ3) is 4.63. The minimum absolute atomic E-state index is 0. The highest BCUT2D eigenvalue weighted by Crippen LogP contribution is 2.28. The van der Waals surface area contributed by atoms with E-state index >= 15 is 0 Å². The SMILES string of the molecule is CN(Cc1ccc(Cl)s1)C(=O)C[C@@H]1CCC[C@H]1N.Cl. The molecular weight excluding hydrogens is 303 g/mol. The van der Waals surface area contributed by atoms with Crippen LogP contribution < -0.4 is 5.73 Å². The molecular formula is C13H20Cl2N2OS. The molecule has 1 aliphatic carbocycles. The highest BCUT2D eigenvalue weighted by Gasteiger charge is 2.27. The first-order chi connectivity index (χ1) is 8.56. The third-order valence-corrected chi connectivity index (χ3v) is 4.82. The number of rotatable bonds is 4. The molecule has 2 rings (SSSR count). The van der Waals surface area contributed by atoms with Gasteiger partial charge in [-0.2, -0.15) is 0 Å². The van der Waals surface area contributed by atoms with Crippen LogP contribution >= 0.6 is 35.3 Å². The number of hydrogen-bond donors (Lipinski definition) is 1. The molecule has 0 aliphatic heterocycles. The smallest absolute Gasteiger partial charge is 0.222 e. The molecule has 0 bridgehead atoms. The van der Waals surface area contributed by atoms with E-state index in [0.717, 1.165) is 28.5 Å². The zero-order valence-corrected chi connectivity index (χ0v) is 13.4. The Morgan fingerprint density at radius 1 is 1.53 bits per heavy atom. The summed E-state index contributed by atoms with van der Waals surface area (Å²) in [6.07, 6.45) is 3.88. The summed E-state index contributed by atoms with van der Waals surface area (Å²) in [4.78, 5) is 15.0. The average molecular weight is 323 g/mol. The Morgan fingerprint density at radius 3 is 2.79 bits per heavy atom. The van der Waals surface area contributed by atoms with Gasteiger partial charge in [0.15, 0.2) is 0 Å². The molecule has 108 valence electrons. The molecule has 2 atom stereocenters. The average Bonchev–Trinajstić information content (AvgIpc) is 2.89. The van der Waals surface area contributed by atoms with Gasteiger partial charge in [0.25, 0.3) is 0 Å². The summed E-state index contributed by atoms with van der Waals surface area (Å²) >= 11 is 7.40. The summed E-state index contributed by atoms with van der Waals surface area (Å²) < 4.78 is 0.767. The quantitative estimate of drug-likeness (QED) is 0.924. The number of carbonyl (C=O) groups is 1. The highest BCUT2D eigenvalue weighted by molar-refractivity contribution is 7.16. The zero-order valence-electron chi connectivity index (χ0n) is 11.0. The molecule has 2 N–H and O–H groups in total. The fourth-order valence-corrected chi connectivity index (χ4v) is 3.60. The molecule has 6 heteroatoms. The Bertz CT molecular complexity index is 425. The third-order valence-electron chi connectivity index (χ3n) is 3.60. The van der Waals surface area contributed by atoms with Gasteiger partial charge in [0.1, 0.15) is 0 Å². The van der Waals surface area contributed by atoms with Crippen LogP contribution in [0.3, 0.4) is 0 Å². The molecule has 1 aliphatic rings. The normalized spacial score (nSPS) is 22.1. The van der Waals surface area contributed by atoms with Crippen LogP contribution in [-0.2, 0) is 11.3 Å². The van der Waals surface area contributed by atoms with Crippen molar-refractivity contribution in [3.63, 3.8) is 0 Å². The number of nitrogens with zero attached hydrogens (tertiary/aromatic N) is 1. The maximum atomic E-state index is 12.1. The van der Waals surface area contributed by atoms with E-state index < -0.39 is 0 Å². The van der Waals surface area contributed by atoms with Crippen LogP contribution in [0.2, 0.25) is 4.34 Å². The van der Waals surface area contributed by atoms with Gasteiger partial charge in [-0.15, -0.1) is 23.7 Å². The zero-order chi connectivity index (χ0) is 13.1. The molecule has 0 radical (unpaired) electrons. The van der Waals surface area contributed by atoms with E-state index in [1.165, 1.54) is 11.3 Å². The lowest BCUT2D eigenvalue weighted by molar-refractivity contribution is -0.131. The predicted octanol–water partition coefficient (Wildman–Crippen LogP) is 3.30. The Hall–Kier alpha value is -0.290. The van der Waals surface area contributed by atoms with E-state index in [4.69, 9.17) is 17.3 Å². The fraction of sp³-hybridized carbons (Fsp3) is 0.615. The van der Waals surface area contributed by atoms with Crippen molar-refractivity contribution in [1.82, 2.24) is 4.90 Å². The Morgan fingerprint density at radius 2 is 2.26 bits per heavy atom. The van der Waals surface area contributed by atoms with E-state index in [-0.39, 0.29) is 24.4 Å². The van der Waals surface area contributed by atoms with E-state index in [1.54, 1.807) is 4.90 Å². The van der Waals surface area contributed by atoms with Gasteiger partial charge in [-0.05, 0) is 30.9 Å². The first kappa shape index (κ1) is 16.8. The molecule has 1 heterocycles. The number of amides is 1. The maximum Gasteiger partial charge on any atom is 0.222 e. The van der Waals surface area contributed by atoms with Crippen LogP contribution in [0, 0.1) is 5.92 Å². The second kappa shape index (κ2) is 7.48. The summed E-state index contributed by atoms with van der Waals surface area (Å²) in [5, 5.41) is 0. The molecule has 1 amide bonds. The molecule has 1 aromatic rings. The lowest BCUT2D eigenvalue weighted by Crippen LogP contribution is -2.32. The van der Waals surface area contributed by atoms with E-state index in [0.29, 0.717) is 18.9 Å². The summed E-state index contributed by atoms with van der Waals surface area (Å²) in [7, 11) is 1.84. The topological polar surface area (TPSA) is 46.3 Å². The van der Waals surface area contributed by atoms with Gasteiger partial charge in [-0.3, -0.25) is 4.79 Å². The predicted molar refractivity (Wildman–Crippen MR) is 83.0 cm³/mol. The van der Waals surface area contributed by atoms with Gasteiger partial charge in [0, 0.05) is 24.4 Å². The largest absolute Gasteiger partial charge is 0.341 e. The highest BCUT2D eigenvalue weighted by atomic mass is 35.5. The van der Waals surface area contributed by atoms with E-state index in [9.17, 15) is 4.79 Å². The molecule has 1 aromatic heterocycles. The summed E-state index contributed by atoms with van der Waals surface area (Å²) in [5.41, 5.74) is 6.00. The molecule has 0 unspecified atom stereocenters. The van der Waals surface area contributed by atoms with Gasteiger partial charge in [-0.1, -0.05) is 18.0 Å². The number of halogens is 2. The van der Waals surface area contributed by atoms with Gasteiger partial charge in [0.05, 0.1) is 10.9 Å². The van der Waals surface area contributed by atoms with Crippen LogP contribution in [0.15, 0.2) is 12.1 Å². The van der Waals surface area contributed by atoms with Crippen molar-refractivity contribution in [2.75, 3.05) is 7.05 Å². The van der Waals surface area contributed by atoms with Gasteiger partial charge in [0.2, 0.25) is 5.91 Å². The molecule has 0 saturated heterocycles. The van der Waals surface area contributed by atoms with Crippen LogP contribution in [0.5, 0.6) is 0 Å². The number of thiophene rings is 1. The molecule has 0 aromatic carbocycles. The van der Waals surface area contributed by atoms with Crippen molar-refractivity contribution in [3.8, 4) is 0 Å². The summed E-state index contributed by atoms with van der Waals surface area (Å²) in [5.74, 6) is 0.550. The minimum atomic E-state index is 0. The van der Waals surface area contributed by atoms with Crippen molar-refractivity contribution < 1.29 is 4.79 Å². The van der Waals surface area contributed by atoms with Crippen molar-refractivity contribution in [2.45, 2.75) is 38.3 Å². The summed E-state index contributed by atoms with van der Waals surface area (Å²) in [6, 6.07) is 4.05. The number of nitrogens with two attached hydrogens (primary N) is 1. The van der Waals surface area contributed by atoms with Crippen LogP contribution in [0.4, 0.5) is 0 Å².